The van der Waals surface area contributed by atoms with Crippen molar-refractivity contribution in [3.63, 3.8) is 0 Å². The molecule has 0 saturated carbocycles. The predicted molar refractivity (Wildman–Crippen MR) is 126 cm³/mol. The second-order valence-corrected chi connectivity index (χ2v) is 9.07. The van der Waals surface area contributed by atoms with Gasteiger partial charge >= 0.3 is 11.8 Å². The number of benzene rings is 2. The average Bonchev–Trinajstić information content (AvgIpc) is 3.26. The van der Waals surface area contributed by atoms with Crippen molar-refractivity contribution in [2.45, 2.75) is 25.3 Å². The highest BCUT2D eigenvalue weighted by Crippen LogP contribution is 2.25. The minimum atomic E-state index is -3.69. The van der Waals surface area contributed by atoms with Gasteiger partial charge in [-0.2, -0.15) is 5.10 Å². The molecule has 2 amide bonds. The molecule has 3 rings (SSSR count). The molecule has 3 N–H and O–H groups in total. The molecule has 0 atom stereocenters. The molecule has 0 radical (unpaired) electrons. The summed E-state index contributed by atoms with van der Waals surface area (Å²) in [4.78, 5) is 24.3. The summed E-state index contributed by atoms with van der Waals surface area (Å²) in [5.74, 6) is -0.904. The Labute approximate surface area is 197 Å². The first-order valence-corrected chi connectivity index (χ1v) is 11.6. The fourth-order valence-corrected chi connectivity index (χ4v) is 3.82. The largest absolute Gasteiger partial charge is 0.495 e. The Balaban J connectivity index is 1.52. The van der Waals surface area contributed by atoms with Crippen LogP contribution in [-0.2, 0) is 26.2 Å². The van der Waals surface area contributed by atoms with Gasteiger partial charge in [-0.25, -0.2) is 18.6 Å². The molecule has 0 aliphatic heterocycles. The van der Waals surface area contributed by atoms with E-state index in [4.69, 9.17) is 9.15 Å². The van der Waals surface area contributed by atoms with Gasteiger partial charge in [0.2, 0.25) is 10.0 Å². The van der Waals surface area contributed by atoms with E-state index in [0.717, 1.165) is 11.1 Å². The Morgan fingerprint density at radius 1 is 1.00 bits per heavy atom. The second-order valence-electron chi connectivity index (χ2n) is 7.30. The van der Waals surface area contributed by atoms with Gasteiger partial charge in [0.25, 0.3) is 0 Å². The van der Waals surface area contributed by atoms with Crippen LogP contribution < -0.4 is 20.2 Å². The van der Waals surface area contributed by atoms with Gasteiger partial charge in [-0.05, 0) is 55.8 Å². The van der Waals surface area contributed by atoms with E-state index in [-0.39, 0.29) is 17.2 Å². The number of methoxy groups -OCH3 is 1. The van der Waals surface area contributed by atoms with Crippen molar-refractivity contribution in [1.82, 2.24) is 10.1 Å². The standard InChI is InChI=1S/C23H24N4O6S/c1-15-4-9-19(10-5-15)34(30,31)25-14-18-8-7-17(33-18)13-24-27-23(29)22(28)26-20-12-16(2)6-11-21(20)32-3/h4-13,25H,14H2,1-3H3,(H,26,28)(H,27,29)/b24-13+. The molecule has 2 aromatic carbocycles. The lowest BCUT2D eigenvalue weighted by Crippen LogP contribution is -2.32. The summed E-state index contributed by atoms with van der Waals surface area (Å²) in [6, 6.07) is 14.7. The molecule has 34 heavy (non-hydrogen) atoms. The molecule has 0 unspecified atom stereocenters. The normalized spacial score (nSPS) is 11.4. The second kappa shape index (κ2) is 10.8. The lowest BCUT2D eigenvalue weighted by atomic mass is 10.2. The van der Waals surface area contributed by atoms with Gasteiger partial charge in [0.1, 0.15) is 17.3 Å². The topological polar surface area (TPSA) is 139 Å². The zero-order valence-electron chi connectivity index (χ0n) is 18.8. The Morgan fingerprint density at radius 2 is 1.71 bits per heavy atom. The number of sulfonamides is 1. The van der Waals surface area contributed by atoms with Crippen molar-refractivity contribution in [3.8, 4) is 5.75 Å². The molecule has 11 heteroatoms. The van der Waals surface area contributed by atoms with Crippen molar-refractivity contribution in [2.24, 2.45) is 5.10 Å². The van der Waals surface area contributed by atoms with Crippen LogP contribution in [0.3, 0.4) is 0 Å². The number of anilines is 1. The highest BCUT2D eigenvalue weighted by molar-refractivity contribution is 7.89. The van der Waals surface area contributed by atoms with Crippen molar-refractivity contribution in [3.05, 3.63) is 77.2 Å². The number of hydrazone groups is 1. The zero-order chi connectivity index (χ0) is 24.7. The minimum Gasteiger partial charge on any atom is -0.495 e. The number of nitrogens with zero attached hydrogens (tertiary/aromatic N) is 1. The number of ether oxygens (including phenoxy) is 1. The van der Waals surface area contributed by atoms with Crippen LogP contribution in [0.5, 0.6) is 5.75 Å². The number of carbonyl (C=O) groups excluding carboxylic acids is 2. The van der Waals surface area contributed by atoms with Gasteiger partial charge in [0.15, 0.2) is 0 Å². The lowest BCUT2D eigenvalue weighted by molar-refractivity contribution is -0.136. The molecule has 10 nitrogen and oxygen atoms in total. The van der Waals surface area contributed by atoms with E-state index in [1.165, 1.54) is 25.5 Å². The summed E-state index contributed by atoms with van der Waals surface area (Å²) in [5.41, 5.74) is 4.29. The van der Waals surface area contributed by atoms with Crippen molar-refractivity contribution < 1.29 is 27.2 Å². The lowest BCUT2D eigenvalue weighted by Gasteiger charge is -2.10. The number of amides is 2. The molecule has 1 heterocycles. The Kier molecular flexibility index (Phi) is 7.82. The smallest absolute Gasteiger partial charge is 0.329 e. The van der Waals surface area contributed by atoms with Gasteiger partial charge < -0.3 is 14.5 Å². The van der Waals surface area contributed by atoms with Crippen LogP contribution in [0.2, 0.25) is 0 Å². The number of furan rings is 1. The number of nitrogens with one attached hydrogen (secondary N) is 3. The maximum Gasteiger partial charge on any atom is 0.329 e. The number of carbonyl (C=O) groups is 2. The molecule has 3 aromatic rings. The molecule has 1 aromatic heterocycles. The van der Waals surface area contributed by atoms with E-state index >= 15 is 0 Å². The Morgan fingerprint density at radius 3 is 2.41 bits per heavy atom. The van der Waals surface area contributed by atoms with Crippen LogP contribution >= 0.6 is 0 Å². The van der Waals surface area contributed by atoms with E-state index in [9.17, 15) is 18.0 Å². The van der Waals surface area contributed by atoms with Gasteiger partial charge in [-0.15, -0.1) is 0 Å². The monoisotopic (exact) mass is 484 g/mol. The summed E-state index contributed by atoms with van der Waals surface area (Å²) in [7, 11) is -2.24. The maximum absolute atomic E-state index is 12.4. The van der Waals surface area contributed by atoms with Gasteiger partial charge in [0, 0.05) is 0 Å². The van der Waals surface area contributed by atoms with Gasteiger partial charge in [0.05, 0.1) is 30.5 Å². The van der Waals surface area contributed by atoms with E-state index in [0.29, 0.717) is 17.2 Å². The highest BCUT2D eigenvalue weighted by Gasteiger charge is 2.16. The Bertz CT molecular complexity index is 1310. The molecule has 0 aliphatic carbocycles. The molecular formula is C23H24N4O6S. The summed E-state index contributed by atoms with van der Waals surface area (Å²) in [5, 5.41) is 6.16. The average molecular weight is 485 g/mol. The molecule has 0 spiro atoms. The molecular weight excluding hydrogens is 460 g/mol. The van der Waals surface area contributed by atoms with E-state index in [2.05, 4.69) is 20.6 Å². The molecule has 0 saturated heterocycles. The summed E-state index contributed by atoms with van der Waals surface area (Å²) < 4.78 is 37.8. The van der Waals surface area contributed by atoms with Crippen LogP contribution in [0.1, 0.15) is 22.6 Å². The zero-order valence-corrected chi connectivity index (χ0v) is 19.6. The molecule has 0 aliphatic rings. The van der Waals surface area contributed by atoms with Crippen LogP contribution in [0.15, 0.2) is 69.0 Å². The van der Waals surface area contributed by atoms with Crippen LogP contribution in [0, 0.1) is 13.8 Å². The third kappa shape index (κ3) is 6.53. The molecule has 178 valence electrons. The van der Waals surface area contributed by atoms with Crippen LogP contribution in [0.4, 0.5) is 5.69 Å². The first-order valence-electron chi connectivity index (χ1n) is 10.1. The fourth-order valence-electron chi connectivity index (χ4n) is 2.83. The predicted octanol–water partition coefficient (Wildman–Crippen LogP) is 2.47. The van der Waals surface area contributed by atoms with Crippen molar-refractivity contribution in [1.29, 1.82) is 0 Å². The number of aryl methyl sites for hydroxylation is 2. The van der Waals surface area contributed by atoms with E-state index < -0.39 is 21.8 Å². The van der Waals surface area contributed by atoms with E-state index in [1.54, 1.807) is 36.4 Å². The van der Waals surface area contributed by atoms with Gasteiger partial charge in [-0.3, -0.25) is 9.59 Å². The van der Waals surface area contributed by atoms with Gasteiger partial charge in [-0.1, -0.05) is 23.8 Å². The number of hydrogen-bond donors (Lipinski definition) is 3. The number of rotatable bonds is 8. The molecule has 0 bridgehead atoms. The van der Waals surface area contributed by atoms with Crippen LogP contribution in [-0.4, -0.2) is 33.6 Å². The van der Waals surface area contributed by atoms with Crippen molar-refractivity contribution in [2.75, 3.05) is 12.4 Å². The minimum absolute atomic E-state index is 0.0723. The summed E-state index contributed by atoms with van der Waals surface area (Å²) >= 11 is 0. The fraction of sp³-hybridized carbons (Fsp3) is 0.174. The Hall–Kier alpha value is -3.96. The van der Waals surface area contributed by atoms with Crippen molar-refractivity contribution >= 4 is 33.7 Å². The third-order valence-corrected chi connectivity index (χ3v) is 6.03. The van der Waals surface area contributed by atoms with E-state index in [1.807, 2.05) is 19.9 Å². The maximum atomic E-state index is 12.4. The third-order valence-electron chi connectivity index (χ3n) is 4.62. The SMILES string of the molecule is COc1ccc(C)cc1NC(=O)C(=O)N/N=C/c1ccc(CNS(=O)(=O)c2ccc(C)cc2)o1. The van der Waals surface area contributed by atoms with Crippen LogP contribution in [0.25, 0.3) is 0 Å². The first-order chi connectivity index (χ1) is 16.2. The summed E-state index contributed by atoms with van der Waals surface area (Å²) in [6.07, 6.45) is 1.19. The quantitative estimate of drug-likeness (QED) is 0.255. The first kappa shape index (κ1) is 24.7. The highest BCUT2D eigenvalue weighted by atomic mass is 32.2. The summed E-state index contributed by atoms with van der Waals surface area (Å²) in [6.45, 7) is 3.63. The number of hydrogen-bond acceptors (Lipinski definition) is 7. The molecule has 0 fully saturated rings.